The van der Waals surface area contributed by atoms with E-state index in [1.54, 1.807) is 0 Å². The van der Waals surface area contributed by atoms with Gasteiger partial charge in [0, 0.05) is 31.4 Å². The number of hydrogen-bond donors (Lipinski definition) is 0. The van der Waals surface area contributed by atoms with Crippen LogP contribution in [-0.4, -0.2) is 65.6 Å². The summed E-state index contributed by atoms with van der Waals surface area (Å²) in [5, 5.41) is 0.678. The molecule has 4 amide bonds. The van der Waals surface area contributed by atoms with Gasteiger partial charge in [0.25, 0.3) is 23.6 Å². The zero-order valence-electron chi connectivity index (χ0n) is 14.5. The van der Waals surface area contributed by atoms with Crippen LogP contribution in [0, 0.1) is 0 Å². The van der Waals surface area contributed by atoms with Crippen molar-refractivity contribution in [2.75, 3.05) is 11.5 Å². The maximum atomic E-state index is 11.9. The standard InChI is InChI=1S/C14H16N2O10S2/c17-9-1-2-10(18)15(9)25-13(21)5-7-27-28(23,24)8-6-14(22)26-16-11(19)3-4-12(16)20/h1-8H2. The second-order valence-corrected chi connectivity index (χ2v) is 10.1. The lowest BCUT2D eigenvalue weighted by Gasteiger charge is -2.13. The molecule has 154 valence electrons. The van der Waals surface area contributed by atoms with Gasteiger partial charge in [0.15, 0.2) is 0 Å². The van der Waals surface area contributed by atoms with E-state index in [0.717, 1.165) is 0 Å². The van der Waals surface area contributed by atoms with Crippen LogP contribution in [0.5, 0.6) is 0 Å². The molecule has 0 atom stereocenters. The average molecular weight is 436 g/mol. The Bertz CT molecular complexity index is 790. The summed E-state index contributed by atoms with van der Waals surface area (Å²) < 4.78 is 23.7. The Morgan fingerprint density at radius 2 is 1.18 bits per heavy atom. The van der Waals surface area contributed by atoms with E-state index in [9.17, 15) is 37.2 Å². The lowest BCUT2D eigenvalue weighted by molar-refractivity contribution is -0.197. The predicted molar refractivity (Wildman–Crippen MR) is 89.8 cm³/mol. The van der Waals surface area contributed by atoms with Crippen molar-refractivity contribution >= 4 is 55.2 Å². The monoisotopic (exact) mass is 436 g/mol. The minimum atomic E-state index is -3.81. The first kappa shape index (κ1) is 21.8. The number of hydroxylamine groups is 4. The molecule has 28 heavy (non-hydrogen) atoms. The third-order valence-electron chi connectivity index (χ3n) is 3.52. The lowest BCUT2D eigenvalue weighted by atomic mass is 10.4. The predicted octanol–water partition coefficient (Wildman–Crippen LogP) is -0.956. The van der Waals surface area contributed by atoms with Crippen LogP contribution in [0.3, 0.4) is 0 Å². The molecule has 2 aliphatic rings. The van der Waals surface area contributed by atoms with Gasteiger partial charge in [-0.3, -0.25) is 19.2 Å². The molecule has 0 aliphatic carbocycles. The van der Waals surface area contributed by atoms with Crippen LogP contribution in [0.25, 0.3) is 0 Å². The summed E-state index contributed by atoms with van der Waals surface area (Å²) in [5.41, 5.74) is 0. The van der Waals surface area contributed by atoms with Crippen LogP contribution >= 0.6 is 10.8 Å². The third kappa shape index (κ3) is 6.02. The fourth-order valence-electron chi connectivity index (χ4n) is 2.13. The minimum Gasteiger partial charge on any atom is -0.330 e. The molecule has 0 spiro atoms. The molecule has 2 heterocycles. The number of carbonyl (C=O) groups is 6. The largest absolute Gasteiger partial charge is 0.334 e. The van der Waals surface area contributed by atoms with E-state index in [4.69, 9.17) is 0 Å². The molecular formula is C14H16N2O10S2. The number of rotatable bonds is 9. The van der Waals surface area contributed by atoms with E-state index in [2.05, 4.69) is 9.68 Å². The molecule has 0 bridgehead atoms. The molecule has 2 saturated heterocycles. The highest BCUT2D eigenvalue weighted by atomic mass is 33.1. The fraction of sp³-hybridized carbons (Fsp3) is 0.571. The smallest absolute Gasteiger partial charge is 0.330 e. The van der Waals surface area contributed by atoms with E-state index >= 15 is 0 Å². The van der Waals surface area contributed by atoms with Gasteiger partial charge in [-0.2, -0.15) is 0 Å². The summed E-state index contributed by atoms with van der Waals surface area (Å²) in [5.74, 6) is -5.51. The van der Waals surface area contributed by atoms with E-state index in [-0.39, 0.29) is 37.9 Å². The van der Waals surface area contributed by atoms with Gasteiger partial charge in [-0.15, -0.1) is 10.1 Å². The van der Waals surface area contributed by atoms with Gasteiger partial charge in [-0.1, -0.05) is 0 Å². The zero-order valence-corrected chi connectivity index (χ0v) is 16.1. The Balaban J connectivity index is 1.68. The third-order valence-corrected chi connectivity index (χ3v) is 7.03. The quantitative estimate of drug-likeness (QED) is 0.323. The summed E-state index contributed by atoms with van der Waals surface area (Å²) in [6.07, 6.45) is -1.24. The Labute approximate surface area is 162 Å². The van der Waals surface area contributed by atoms with Gasteiger partial charge >= 0.3 is 11.9 Å². The van der Waals surface area contributed by atoms with Crippen LogP contribution < -0.4 is 0 Å². The van der Waals surface area contributed by atoms with Crippen molar-refractivity contribution in [2.45, 2.75) is 38.5 Å². The first-order valence-corrected chi connectivity index (χ1v) is 11.2. The van der Waals surface area contributed by atoms with Crippen molar-refractivity contribution in [1.82, 2.24) is 10.1 Å². The summed E-state index contributed by atoms with van der Waals surface area (Å²) in [6.45, 7) is 0. The summed E-state index contributed by atoms with van der Waals surface area (Å²) in [6, 6.07) is 0. The van der Waals surface area contributed by atoms with E-state index < -0.39 is 56.6 Å². The number of amides is 4. The van der Waals surface area contributed by atoms with Gasteiger partial charge in [0.05, 0.1) is 18.6 Å². The highest BCUT2D eigenvalue weighted by molar-refractivity contribution is 8.72. The summed E-state index contributed by atoms with van der Waals surface area (Å²) in [7, 11) is -3.43. The Morgan fingerprint density at radius 1 is 0.786 bits per heavy atom. The van der Waals surface area contributed by atoms with Crippen LogP contribution in [0.2, 0.25) is 0 Å². The van der Waals surface area contributed by atoms with Crippen LogP contribution in [0.4, 0.5) is 0 Å². The lowest BCUT2D eigenvalue weighted by Crippen LogP contribution is -2.32. The highest BCUT2D eigenvalue weighted by Crippen LogP contribution is 2.18. The van der Waals surface area contributed by atoms with Crippen LogP contribution in [-0.2, 0) is 47.3 Å². The SMILES string of the molecule is O=C(CCSS(=O)(=O)CCC(=O)ON1C(=O)CCC1=O)ON1C(=O)CCC1=O. The normalized spacial score (nSPS) is 17.4. The maximum absolute atomic E-state index is 11.9. The van der Waals surface area contributed by atoms with Gasteiger partial charge in [-0.25, -0.2) is 18.0 Å². The number of nitrogens with zero attached hydrogens (tertiary/aromatic N) is 2. The van der Waals surface area contributed by atoms with Gasteiger partial charge < -0.3 is 9.68 Å². The van der Waals surface area contributed by atoms with Crippen molar-refractivity contribution in [3.8, 4) is 0 Å². The summed E-state index contributed by atoms with van der Waals surface area (Å²) in [4.78, 5) is 77.5. The molecule has 0 aromatic rings. The highest BCUT2D eigenvalue weighted by Gasteiger charge is 2.34. The van der Waals surface area contributed by atoms with Crippen molar-refractivity contribution in [2.24, 2.45) is 0 Å². The Hall–Kier alpha value is -2.48. The molecule has 0 aromatic carbocycles. The molecular weight excluding hydrogens is 420 g/mol. The average Bonchev–Trinajstić information content (AvgIpc) is 3.10. The van der Waals surface area contributed by atoms with Crippen LogP contribution in [0.1, 0.15) is 38.5 Å². The Kier molecular flexibility index (Phi) is 7.12. The number of carbonyl (C=O) groups excluding carboxylic acids is 6. The van der Waals surface area contributed by atoms with E-state index in [1.165, 1.54) is 0 Å². The maximum Gasteiger partial charge on any atom is 0.334 e. The zero-order chi connectivity index (χ0) is 20.9. The molecule has 12 nitrogen and oxygen atoms in total. The molecule has 0 saturated carbocycles. The molecule has 0 radical (unpaired) electrons. The van der Waals surface area contributed by atoms with Crippen molar-refractivity contribution < 1.29 is 46.9 Å². The van der Waals surface area contributed by atoms with Crippen LogP contribution in [0.15, 0.2) is 0 Å². The first-order valence-electron chi connectivity index (χ1n) is 8.09. The molecule has 2 fully saturated rings. The number of imide groups is 2. The summed E-state index contributed by atoms with van der Waals surface area (Å²) >= 11 is 0. The van der Waals surface area contributed by atoms with Gasteiger partial charge in [0.2, 0.25) is 8.87 Å². The molecule has 14 heteroatoms. The molecule has 2 aliphatic heterocycles. The van der Waals surface area contributed by atoms with E-state index in [0.29, 0.717) is 20.9 Å². The minimum absolute atomic E-state index is 0.0556. The molecule has 0 aromatic heterocycles. The van der Waals surface area contributed by atoms with Gasteiger partial charge in [0.1, 0.15) is 0 Å². The second-order valence-electron chi connectivity index (χ2n) is 5.67. The second kappa shape index (κ2) is 9.14. The molecule has 2 rings (SSSR count). The Morgan fingerprint density at radius 3 is 1.61 bits per heavy atom. The molecule has 0 N–H and O–H groups in total. The van der Waals surface area contributed by atoms with Gasteiger partial charge in [-0.05, 0) is 10.8 Å². The first-order chi connectivity index (χ1) is 13.1. The van der Waals surface area contributed by atoms with E-state index in [1.807, 2.05) is 0 Å². The molecule has 0 unspecified atom stereocenters. The van der Waals surface area contributed by atoms with Crippen molar-refractivity contribution in [1.29, 1.82) is 0 Å². The number of hydrogen-bond acceptors (Lipinski definition) is 11. The van der Waals surface area contributed by atoms with Crippen molar-refractivity contribution in [3.05, 3.63) is 0 Å². The van der Waals surface area contributed by atoms with Crippen molar-refractivity contribution in [3.63, 3.8) is 0 Å². The fourth-order valence-corrected chi connectivity index (χ4v) is 4.78. The topological polar surface area (TPSA) is 161 Å².